The molecule has 4 heteroatoms. The molecule has 1 unspecified atom stereocenters. The van der Waals surface area contributed by atoms with Crippen molar-refractivity contribution in [3.05, 3.63) is 17.7 Å². The van der Waals surface area contributed by atoms with E-state index in [1.165, 1.54) is 0 Å². The Morgan fingerprint density at radius 2 is 1.61 bits per heavy atom. The second kappa shape index (κ2) is 7.11. The molecular weight excluding hydrogens is 232 g/mol. The lowest BCUT2D eigenvalue weighted by atomic mass is 9.93. The minimum Gasteiger partial charge on any atom is -0.493 e. The van der Waals surface area contributed by atoms with Crippen LogP contribution >= 0.6 is 0 Å². The monoisotopic (exact) mass is 254 g/mol. The second-order valence-electron chi connectivity index (χ2n) is 4.08. The van der Waals surface area contributed by atoms with Gasteiger partial charge in [-0.2, -0.15) is 0 Å². The SMILES string of the molecule is CCC(CCO)c1cc(OC)c(OC)c(OC)c1. The topological polar surface area (TPSA) is 47.9 Å². The van der Waals surface area contributed by atoms with Gasteiger partial charge in [-0.05, 0) is 36.5 Å². The van der Waals surface area contributed by atoms with Crippen LogP contribution in [0, 0.1) is 0 Å². The Morgan fingerprint density at radius 3 is 1.94 bits per heavy atom. The summed E-state index contributed by atoms with van der Waals surface area (Å²) in [6.45, 7) is 2.28. The van der Waals surface area contributed by atoms with Gasteiger partial charge in [0.2, 0.25) is 5.75 Å². The van der Waals surface area contributed by atoms with Crippen LogP contribution in [0.15, 0.2) is 12.1 Å². The summed E-state index contributed by atoms with van der Waals surface area (Å²) in [5.74, 6) is 2.21. The van der Waals surface area contributed by atoms with Crippen LogP contribution in [0.3, 0.4) is 0 Å². The fraction of sp³-hybridized carbons (Fsp3) is 0.571. The van der Waals surface area contributed by atoms with E-state index in [-0.39, 0.29) is 6.61 Å². The molecule has 0 saturated heterocycles. The first kappa shape index (κ1) is 14.6. The number of hydrogen-bond donors (Lipinski definition) is 1. The normalized spacial score (nSPS) is 12.1. The summed E-state index contributed by atoms with van der Waals surface area (Å²) in [6.07, 6.45) is 1.69. The van der Waals surface area contributed by atoms with Crippen molar-refractivity contribution in [2.75, 3.05) is 27.9 Å². The number of methoxy groups -OCH3 is 3. The van der Waals surface area contributed by atoms with Gasteiger partial charge in [-0.15, -0.1) is 0 Å². The number of aliphatic hydroxyl groups excluding tert-OH is 1. The van der Waals surface area contributed by atoms with Gasteiger partial charge in [0.25, 0.3) is 0 Å². The minimum absolute atomic E-state index is 0.176. The molecule has 1 rings (SSSR count). The van der Waals surface area contributed by atoms with E-state index in [1.54, 1.807) is 21.3 Å². The third-order valence-electron chi connectivity index (χ3n) is 3.13. The third-order valence-corrected chi connectivity index (χ3v) is 3.13. The van der Waals surface area contributed by atoms with Gasteiger partial charge in [-0.3, -0.25) is 0 Å². The van der Waals surface area contributed by atoms with Crippen molar-refractivity contribution < 1.29 is 19.3 Å². The Kier molecular flexibility index (Phi) is 5.78. The van der Waals surface area contributed by atoms with Crippen molar-refractivity contribution in [2.24, 2.45) is 0 Å². The molecule has 1 aromatic carbocycles. The molecule has 0 saturated carbocycles. The highest BCUT2D eigenvalue weighted by atomic mass is 16.5. The number of aliphatic hydroxyl groups is 1. The maximum atomic E-state index is 9.10. The van der Waals surface area contributed by atoms with Crippen molar-refractivity contribution in [1.29, 1.82) is 0 Å². The molecule has 0 aliphatic heterocycles. The molecule has 0 amide bonds. The van der Waals surface area contributed by atoms with Gasteiger partial charge in [0.05, 0.1) is 21.3 Å². The van der Waals surface area contributed by atoms with Crippen molar-refractivity contribution in [2.45, 2.75) is 25.7 Å². The summed E-state index contributed by atoms with van der Waals surface area (Å²) in [7, 11) is 4.80. The molecule has 1 aromatic rings. The van der Waals surface area contributed by atoms with Crippen LogP contribution in [0.5, 0.6) is 17.2 Å². The van der Waals surface area contributed by atoms with Crippen molar-refractivity contribution in [1.82, 2.24) is 0 Å². The Morgan fingerprint density at radius 1 is 1.06 bits per heavy atom. The summed E-state index contributed by atoms with van der Waals surface area (Å²) >= 11 is 0. The summed E-state index contributed by atoms with van der Waals surface area (Å²) in [5, 5.41) is 9.10. The Hall–Kier alpha value is -1.42. The van der Waals surface area contributed by atoms with Gasteiger partial charge in [0.1, 0.15) is 0 Å². The summed E-state index contributed by atoms with van der Waals surface area (Å²) < 4.78 is 15.9. The maximum Gasteiger partial charge on any atom is 0.203 e. The standard InChI is InChI=1S/C14H22O4/c1-5-10(6-7-15)11-8-12(16-2)14(18-4)13(9-11)17-3/h8-10,15H,5-7H2,1-4H3. The molecule has 0 heterocycles. The van der Waals surface area contributed by atoms with E-state index in [0.717, 1.165) is 18.4 Å². The number of benzene rings is 1. The largest absolute Gasteiger partial charge is 0.493 e. The first-order valence-corrected chi connectivity index (χ1v) is 6.12. The van der Waals surface area contributed by atoms with E-state index in [9.17, 15) is 0 Å². The third kappa shape index (κ3) is 3.07. The predicted molar refractivity (Wildman–Crippen MR) is 70.8 cm³/mol. The first-order chi connectivity index (χ1) is 8.71. The van der Waals surface area contributed by atoms with E-state index in [4.69, 9.17) is 19.3 Å². The van der Waals surface area contributed by atoms with Crippen LogP contribution in [0.2, 0.25) is 0 Å². The average Bonchev–Trinajstić information content (AvgIpc) is 2.42. The lowest BCUT2D eigenvalue weighted by Gasteiger charge is -2.18. The van der Waals surface area contributed by atoms with Gasteiger partial charge >= 0.3 is 0 Å². The number of hydrogen-bond acceptors (Lipinski definition) is 4. The van der Waals surface area contributed by atoms with Crippen LogP contribution in [-0.2, 0) is 0 Å². The molecule has 0 aliphatic carbocycles. The lowest BCUT2D eigenvalue weighted by Crippen LogP contribution is -2.03. The number of rotatable bonds is 7. The Balaban J connectivity index is 3.21. The number of ether oxygens (including phenoxy) is 3. The molecule has 1 atom stereocenters. The van der Waals surface area contributed by atoms with Gasteiger partial charge in [0.15, 0.2) is 11.5 Å². The zero-order chi connectivity index (χ0) is 13.5. The van der Waals surface area contributed by atoms with Crippen molar-refractivity contribution in [3.63, 3.8) is 0 Å². The molecule has 0 radical (unpaired) electrons. The van der Waals surface area contributed by atoms with E-state index >= 15 is 0 Å². The van der Waals surface area contributed by atoms with Crippen molar-refractivity contribution >= 4 is 0 Å². The molecule has 0 aromatic heterocycles. The smallest absolute Gasteiger partial charge is 0.203 e. The summed E-state index contributed by atoms with van der Waals surface area (Å²) in [6, 6.07) is 3.90. The highest BCUT2D eigenvalue weighted by Gasteiger charge is 2.17. The fourth-order valence-electron chi connectivity index (χ4n) is 2.10. The Bertz CT molecular complexity index is 351. The minimum atomic E-state index is 0.176. The molecule has 102 valence electrons. The van der Waals surface area contributed by atoms with Gasteiger partial charge < -0.3 is 19.3 Å². The van der Waals surface area contributed by atoms with E-state index in [2.05, 4.69) is 6.92 Å². The van der Waals surface area contributed by atoms with Crippen LogP contribution in [0.1, 0.15) is 31.2 Å². The van der Waals surface area contributed by atoms with E-state index in [1.807, 2.05) is 12.1 Å². The summed E-state index contributed by atoms with van der Waals surface area (Å²) in [5.41, 5.74) is 1.10. The highest BCUT2D eigenvalue weighted by Crippen LogP contribution is 2.41. The summed E-state index contributed by atoms with van der Waals surface area (Å²) in [4.78, 5) is 0. The predicted octanol–water partition coefficient (Wildman–Crippen LogP) is 2.59. The molecule has 0 fully saturated rings. The molecule has 1 N–H and O–H groups in total. The molecule has 0 spiro atoms. The maximum absolute atomic E-state index is 9.10. The van der Waals surface area contributed by atoms with Crippen molar-refractivity contribution in [3.8, 4) is 17.2 Å². The quantitative estimate of drug-likeness (QED) is 0.812. The Labute approximate surface area is 108 Å². The lowest BCUT2D eigenvalue weighted by molar-refractivity contribution is 0.273. The van der Waals surface area contributed by atoms with E-state index < -0.39 is 0 Å². The van der Waals surface area contributed by atoms with Crippen LogP contribution < -0.4 is 14.2 Å². The van der Waals surface area contributed by atoms with E-state index in [0.29, 0.717) is 23.2 Å². The van der Waals surface area contributed by atoms with Gasteiger partial charge in [0, 0.05) is 6.61 Å². The highest BCUT2D eigenvalue weighted by molar-refractivity contribution is 5.54. The second-order valence-corrected chi connectivity index (χ2v) is 4.08. The molecule has 4 nitrogen and oxygen atoms in total. The molecule has 18 heavy (non-hydrogen) atoms. The van der Waals surface area contributed by atoms with Crippen LogP contribution in [0.25, 0.3) is 0 Å². The van der Waals surface area contributed by atoms with Gasteiger partial charge in [-0.25, -0.2) is 0 Å². The van der Waals surface area contributed by atoms with Crippen LogP contribution in [0.4, 0.5) is 0 Å². The molecule has 0 bridgehead atoms. The fourth-order valence-corrected chi connectivity index (χ4v) is 2.10. The zero-order valence-electron chi connectivity index (χ0n) is 11.5. The first-order valence-electron chi connectivity index (χ1n) is 6.12. The molecular formula is C14H22O4. The van der Waals surface area contributed by atoms with Crippen LogP contribution in [-0.4, -0.2) is 33.0 Å². The average molecular weight is 254 g/mol. The van der Waals surface area contributed by atoms with Gasteiger partial charge in [-0.1, -0.05) is 6.92 Å². The molecule has 0 aliphatic rings. The zero-order valence-corrected chi connectivity index (χ0v) is 11.5.